The molecule has 5 heteroatoms. The maximum absolute atomic E-state index is 13.3. The summed E-state index contributed by atoms with van der Waals surface area (Å²) in [7, 11) is 0. The molecule has 2 aromatic carbocycles. The van der Waals surface area contributed by atoms with Crippen LogP contribution in [0.3, 0.4) is 0 Å². The lowest BCUT2D eigenvalue weighted by molar-refractivity contribution is -0.138. The minimum Gasteiger partial charge on any atom is -0.479 e. The highest BCUT2D eigenvalue weighted by Crippen LogP contribution is 2.24. The van der Waals surface area contributed by atoms with E-state index in [9.17, 15) is 14.3 Å². The molecule has 0 aliphatic rings. The summed E-state index contributed by atoms with van der Waals surface area (Å²) in [6.07, 6.45) is 0. The van der Waals surface area contributed by atoms with E-state index in [0.717, 1.165) is 0 Å². The molecule has 0 aliphatic heterocycles. The van der Waals surface area contributed by atoms with Gasteiger partial charge in [-0.25, -0.2) is 9.18 Å². The Hall–Kier alpha value is -2.07. The second kappa shape index (κ2) is 5.92. The SMILES string of the molecule is Cc1ccc(F)cc1C(Nc1ccc(Cl)cc1)C(=O)O. The molecule has 0 aromatic heterocycles. The van der Waals surface area contributed by atoms with Gasteiger partial charge in [0, 0.05) is 10.7 Å². The van der Waals surface area contributed by atoms with Crippen molar-refractivity contribution in [2.45, 2.75) is 13.0 Å². The van der Waals surface area contributed by atoms with Gasteiger partial charge in [0.05, 0.1) is 0 Å². The standard InChI is InChI=1S/C15H13ClFNO2/c1-9-2-5-11(17)8-13(9)14(15(19)20)18-12-6-3-10(16)4-7-12/h2-8,14,18H,1H3,(H,19,20). The van der Waals surface area contributed by atoms with Gasteiger partial charge in [-0.05, 0) is 54.4 Å². The third-order valence-electron chi connectivity index (χ3n) is 2.95. The maximum Gasteiger partial charge on any atom is 0.330 e. The Morgan fingerprint density at radius 3 is 2.50 bits per heavy atom. The van der Waals surface area contributed by atoms with Crippen LogP contribution in [0.1, 0.15) is 17.2 Å². The van der Waals surface area contributed by atoms with Crippen LogP contribution in [0, 0.1) is 12.7 Å². The number of nitrogens with one attached hydrogen (secondary N) is 1. The molecular weight excluding hydrogens is 281 g/mol. The molecule has 2 rings (SSSR count). The summed E-state index contributed by atoms with van der Waals surface area (Å²) in [6.45, 7) is 1.74. The van der Waals surface area contributed by atoms with E-state index in [-0.39, 0.29) is 0 Å². The first-order valence-corrected chi connectivity index (χ1v) is 6.36. The molecule has 2 aromatic rings. The summed E-state index contributed by atoms with van der Waals surface area (Å²) < 4.78 is 13.3. The van der Waals surface area contributed by atoms with E-state index in [1.165, 1.54) is 12.1 Å². The molecule has 0 aliphatic carbocycles. The molecule has 3 nitrogen and oxygen atoms in total. The predicted octanol–water partition coefficient (Wildman–Crippen LogP) is 4.03. The van der Waals surface area contributed by atoms with Gasteiger partial charge >= 0.3 is 5.97 Å². The molecular formula is C15H13ClFNO2. The van der Waals surface area contributed by atoms with Crippen LogP contribution in [-0.4, -0.2) is 11.1 Å². The van der Waals surface area contributed by atoms with E-state index in [1.807, 2.05) is 0 Å². The van der Waals surface area contributed by atoms with E-state index in [2.05, 4.69) is 5.32 Å². The van der Waals surface area contributed by atoms with Gasteiger partial charge in [0.15, 0.2) is 6.04 Å². The molecule has 0 fully saturated rings. The summed E-state index contributed by atoms with van der Waals surface area (Å²) in [4.78, 5) is 11.4. The number of halogens is 2. The zero-order valence-corrected chi connectivity index (χ0v) is 11.5. The fraction of sp³-hybridized carbons (Fsp3) is 0.133. The Balaban J connectivity index is 2.34. The van der Waals surface area contributed by atoms with Gasteiger partial charge in [0.1, 0.15) is 5.82 Å². The normalized spacial score (nSPS) is 11.9. The molecule has 0 spiro atoms. The molecule has 1 atom stereocenters. The number of aryl methyl sites for hydroxylation is 1. The third kappa shape index (κ3) is 3.27. The Morgan fingerprint density at radius 2 is 1.90 bits per heavy atom. The van der Waals surface area contributed by atoms with Crippen molar-refractivity contribution in [3.05, 3.63) is 64.4 Å². The van der Waals surface area contributed by atoms with Crippen molar-refractivity contribution >= 4 is 23.3 Å². The molecule has 0 bridgehead atoms. The minimum absolute atomic E-state index is 0.396. The number of anilines is 1. The third-order valence-corrected chi connectivity index (χ3v) is 3.21. The lowest BCUT2D eigenvalue weighted by atomic mass is 10.0. The van der Waals surface area contributed by atoms with Crippen LogP contribution < -0.4 is 5.32 Å². The van der Waals surface area contributed by atoms with E-state index >= 15 is 0 Å². The molecule has 2 N–H and O–H groups in total. The second-order valence-electron chi connectivity index (χ2n) is 4.42. The van der Waals surface area contributed by atoms with Crippen molar-refractivity contribution in [2.75, 3.05) is 5.32 Å². The number of aliphatic carboxylic acids is 1. The van der Waals surface area contributed by atoms with Crippen LogP contribution in [0.2, 0.25) is 5.02 Å². The fourth-order valence-electron chi connectivity index (χ4n) is 1.91. The minimum atomic E-state index is -1.08. The molecule has 0 heterocycles. The summed E-state index contributed by atoms with van der Waals surface area (Å²) in [6, 6.07) is 9.73. The lowest BCUT2D eigenvalue weighted by Gasteiger charge is -2.18. The first-order chi connectivity index (χ1) is 9.47. The molecule has 0 saturated heterocycles. The quantitative estimate of drug-likeness (QED) is 0.895. The van der Waals surface area contributed by atoms with Crippen LogP contribution in [0.4, 0.5) is 10.1 Å². The van der Waals surface area contributed by atoms with Gasteiger partial charge in [-0.3, -0.25) is 0 Å². The Bertz CT molecular complexity index is 628. The summed E-state index contributed by atoms with van der Waals surface area (Å²) in [5, 5.41) is 12.8. The van der Waals surface area contributed by atoms with Gasteiger partial charge in [-0.2, -0.15) is 0 Å². The molecule has 104 valence electrons. The number of hydrogen-bond donors (Lipinski definition) is 2. The largest absolute Gasteiger partial charge is 0.479 e. The maximum atomic E-state index is 13.3. The van der Waals surface area contributed by atoms with Crippen LogP contribution >= 0.6 is 11.6 Å². The van der Waals surface area contributed by atoms with Crippen molar-refractivity contribution in [3.63, 3.8) is 0 Å². The van der Waals surface area contributed by atoms with Crippen LogP contribution in [-0.2, 0) is 4.79 Å². The van der Waals surface area contributed by atoms with Crippen LogP contribution in [0.5, 0.6) is 0 Å². The smallest absolute Gasteiger partial charge is 0.330 e. The number of carbonyl (C=O) groups is 1. The molecule has 0 saturated carbocycles. The topological polar surface area (TPSA) is 49.3 Å². The Kier molecular flexibility index (Phi) is 4.25. The highest BCUT2D eigenvalue weighted by Gasteiger charge is 2.22. The monoisotopic (exact) mass is 293 g/mol. The molecule has 0 amide bonds. The summed E-state index contributed by atoms with van der Waals surface area (Å²) >= 11 is 5.78. The first kappa shape index (κ1) is 14.3. The van der Waals surface area contributed by atoms with Gasteiger partial charge in [0.2, 0.25) is 0 Å². The Morgan fingerprint density at radius 1 is 1.25 bits per heavy atom. The van der Waals surface area contributed by atoms with Gasteiger partial charge < -0.3 is 10.4 Å². The van der Waals surface area contributed by atoms with E-state index < -0.39 is 17.8 Å². The molecule has 1 unspecified atom stereocenters. The molecule has 0 radical (unpaired) electrons. The zero-order chi connectivity index (χ0) is 14.7. The zero-order valence-electron chi connectivity index (χ0n) is 10.7. The van der Waals surface area contributed by atoms with Gasteiger partial charge in [-0.1, -0.05) is 17.7 Å². The van der Waals surface area contributed by atoms with Gasteiger partial charge in [-0.15, -0.1) is 0 Å². The average Bonchev–Trinajstić information content (AvgIpc) is 2.41. The summed E-state index contributed by atoms with van der Waals surface area (Å²) in [5.74, 6) is -1.54. The average molecular weight is 294 g/mol. The lowest BCUT2D eigenvalue weighted by Crippen LogP contribution is -2.21. The highest BCUT2D eigenvalue weighted by molar-refractivity contribution is 6.30. The van der Waals surface area contributed by atoms with Crippen molar-refractivity contribution in [2.24, 2.45) is 0 Å². The van der Waals surface area contributed by atoms with Crippen molar-refractivity contribution in [1.82, 2.24) is 0 Å². The number of benzene rings is 2. The second-order valence-corrected chi connectivity index (χ2v) is 4.86. The highest BCUT2D eigenvalue weighted by atomic mass is 35.5. The summed E-state index contributed by atoms with van der Waals surface area (Å²) in [5.41, 5.74) is 1.71. The van der Waals surface area contributed by atoms with Crippen molar-refractivity contribution in [3.8, 4) is 0 Å². The number of carboxylic acids is 1. The number of rotatable bonds is 4. The first-order valence-electron chi connectivity index (χ1n) is 5.98. The van der Waals surface area contributed by atoms with Crippen molar-refractivity contribution in [1.29, 1.82) is 0 Å². The van der Waals surface area contributed by atoms with Crippen LogP contribution in [0.15, 0.2) is 42.5 Å². The number of carboxylic acid groups (broad SMARTS) is 1. The Labute approximate surface area is 121 Å². The predicted molar refractivity (Wildman–Crippen MR) is 76.6 cm³/mol. The van der Waals surface area contributed by atoms with Gasteiger partial charge in [0.25, 0.3) is 0 Å². The van der Waals surface area contributed by atoms with E-state index in [1.54, 1.807) is 37.3 Å². The molecule has 20 heavy (non-hydrogen) atoms. The van der Waals surface area contributed by atoms with Crippen LogP contribution in [0.25, 0.3) is 0 Å². The van der Waals surface area contributed by atoms with Crippen molar-refractivity contribution < 1.29 is 14.3 Å². The van der Waals surface area contributed by atoms with E-state index in [4.69, 9.17) is 11.6 Å². The number of hydrogen-bond acceptors (Lipinski definition) is 2. The fourth-order valence-corrected chi connectivity index (χ4v) is 2.03. The van der Waals surface area contributed by atoms with E-state index in [0.29, 0.717) is 21.8 Å².